The Morgan fingerprint density at radius 3 is 2.70 bits per heavy atom. The predicted molar refractivity (Wildman–Crippen MR) is 71.3 cm³/mol. The van der Waals surface area contributed by atoms with Crippen molar-refractivity contribution in [1.82, 2.24) is 4.72 Å². The summed E-state index contributed by atoms with van der Waals surface area (Å²) in [5, 5.41) is 8.93. The minimum absolute atomic E-state index is 0.0157. The maximum absolute atomic E-state index is 12.1. The summed E-state index contributed by atoms with van der Waals surface area (Å²) in [6.07, 6.45) is 0.469. The highest BCUT2D eigenvalue weighted by molar-refractivity contribution is 7.91. The normalized spacial score (nSPS) is 22.2. The van der Waals surface area contributed by atoms with Crippen molar-refractivity contribution in [2.75, 3.05) is 18.1 Å². The second-order valence-electron chi connectivity index (χ2n) is 4.91. The lowest BCUT2D eigenvalue weighted by molar-refractivity contribution is 0.244. The van der Waals surface area contributed by atoms with E-state index in [-0.39, 0.29) is 47.0 Å². The molecule has 0 aliphatic carbocycles. The van der Waals surface area contributed by atoms with Gasteiger partial charge in [0.2, 0.25) is 10.0 Å². The van der Waals surface area contributed by atoms with Crippen molar-refractivity contribution in [3.8, 4) is 0 Å². The van der Waals surface area contributed by atoms with Crippen molar-refractivity contribution >= 4 is 19.9 Å². The van der Waals surface area contributed by atoms with Crippen LogP contribution in [0.2, 0.25) is 0 Å². The minimum Gasteiger partial charge on any atom is -0.462 e. The molecule has 7 nitrogen and oxygen atoms in total. The molecule has 0 spiro atoms. The summed E-state index contributed by atoms with van der Waals surface area (Å²) in [5.41, 5.74) is 0. The zero-order valence-corrected chi connectivity index (χ0v) is 12.6. The molecule has 0 bridgehead atoms. The molecule has 0 radical (unpaired) electrons. The van der Waals surface area contributed by atoms with Crippen molar-refractivity contribution in [3.05, 3.63) is 17.6 Å². The smallest absolute Gasteiger partial charge is 0.244 e. The Kier molecular flexibility index (Phi) is 4.24. The third-order valence-electron chi connectivity index (χ3n) is 3.26. The van der Waals surface area contributed by atoms with Crippen LogP contribution in [0.5, 0.6) is 0 Å². The van der Waals surface area contributed by atoms with Gasteiger partial charge in [0.25, 0.3) is 0 Å². The number of aryl methyl sites for hydroxylation is 1. The lowest BCUT2D eigenvalue weighted by atomic mass is 10.1. The molecule has 1 fully saturated rings. The summed E-state index contributed by atoms with van der Waals surface area (Å²) >= 11 is 0. The van der Waals surface area contributed by atoms with Gasteiger partial charge in [0.05, 0.1) is 11.5 Å². The number of rotatable bonds is 5. The van der Waals surface area contributed by atoms with Gasteiger partial charge < -0.3 is 9.52 Å². The lowest BCUT2D eigenvalue weighted by Crippen LogP contribution is -2.30. The summed E-state index contributed by atoms with van der Waals surface area (Å²) < 4.78 is 54.3. The monoisotopic (exact) mass is 323 g/mol. The van der Waals surface area contributed by atoms with E-state index in [1.54, 1.807) is 0 Å². The number of hydrogen-bond donors (Lipinski definition) is 2. The molecule has 2 heterocycles. The first-order valence-corrected chi connectivity index (χ1v) is 9.44. The molecule has 1 aliphatic heterocycles. The SMILES string of the molecule is Cc1oc(CO)cc1S(=O)(=O)NCC1CCS(=O)(=O)C1. The molecule has 1 aliphatic rings. The molecule has 1 atom stereocenters. The van der Waals surface area contributed by atoms with Gasteiger partial charge in [-0.05, 0) is 19.3 Å². The van der Waals surface area contributed by atoms with Crippen LogP contribution in [0.1, 0.15) is 17.9 Å². The second-order valence-corrected chi connectivity index (χ2v) is 8.88. The van der Waals surface area contributed by atoms with Crippen LogP contribution in [0.25, 0.3) is 0 Å². The minimum atomic E-state index is -3.75. The average molecular weight is 323 g/mol. The Hall–Kier alpha value is -0.900. The molecule has 2 rings (SSSR count). The van der Waals surface area contributed by atoms with Crippen molar-refractivity contribution in [3.63, 3.8) is 0 Å². The molecule has 0 amide bonds. The van der Waals surface area contributed by atoms with Crippen molar-refractivity contribution < 1.29 is 26.4 Å². The first-order chi connectivity index (χ1) is 9.23. The maximum atomic E-state index is 12.1. The van der Waals surface area contributed by atoms with Crippen LogP contribution >= 0.6 is 0 Å². The maximum Gasteiger partial charge on any atom is 0.244 e. The topological polar surface area (TPSA) is 114 Å². The van der Waals surface area contributed by atoms with E-state index in [1.165, 1.54) is 13.0 Å². The van der Waals surface area contributed by atoms with Gasteiger partial charge in [-0.3, -0.25) is 0 Å². The zero-order valence-electron chi connectivity index (χ0n) is 11.0. The number of nitrogens with one attached hydrogen (secondary N) is 1. The highest BCUT2D eigenvalue weighted by atomic mass is 32.2. The summed E-state index contributed by atoms with van der Waals surface area (Å²) in [6, 6.07) is 1.27. The quantitative estimate of drug-likeness (QED) is 0.775. The summed E-state index contributed by atoms with van der Waals surface area (Å²) in [6.45, 7) is 1.20. The molecule has 0 saturated carbocycles. The first-order valence-electron chi connectivity index (χ1n) is 6.14. The molecule has 1 unspecified atom stereocenters. The van der Waals surface area contributed by atoms with Gasteiger partial charge in [-0.1, -0.05) is 0 Å². The first kappa shape index (κ1) is 15.5. The van der Waals surface area contributed by atoms with Crippen LogP contribution in [0.4, 0.5) is 0 Å². The summed E-state index contributed by atoms with van der Waals surface area (Å²) in [5.74, 6) is 0.298. The number of furan rings is 1. The molecular weight excluding hydrogens is 306 g/mol. The highest BCUT2D eigenvalue weighted by Crippen LogP contribution is 2.21. The Morgan fingerprint density at radius 1 is 1.50 bits per heavy atom. The number of aliphatic hydroxyl groups excluding tert-OH is 1. The van der Waals surface area contributed by atoms with Crippen molar-refractivity contribution in [2.45, 2.75) is 24.8 Å². The number of sulfone groups is 1. The molecule has 2 N–H and O–H groups in total. The number of aliphatic hydroxyl groups is 1. The molecule has 1 aromatic rings. The van der Waals surface area contributed by atoms with Gasteiger partial charge in [-0.25, -0.2) is 21.6 Å². The fraction of sp³-hybridized carbons (Fsp3) is 0.636. The van der Waals surface area contributed by atoms with Crippen LogP contribution in [-0.4, -0.2) is 40.0 Å². The van der Waals surface area contributed by atoms with E-state index in [0.717, 1.165) is 0 Å². The van der Waals surface area contributed by atoms with Crippen molar-refractivity contribution in [1.29, 1.82) is 0 Å². The Bertz CT molecular complexity index is 688. The third-order valence-corrected chi connectivity index (χ3v) is 6.63. The van der Waals surface area contributed by atoms with E-state index in [0.29, 0.717) is 6.42 Å². The molecule has 9 heteroatoms. The number of sulfonamides is 1. The van der Waals surface area contributed by atoms with E-state index in [2.05, 4.69) is 4.72 Å². The van der Waals surface area contributed by atoms with Crippen LogP contribution in [0.15, 0.2) is 15.4 Å². The molecular formula is C11H17NO6S2. The average Bonchev–Trinajstić information content (AvgIpc) is 2.90. The number of hydrogen-bond acceptors (Lipinski definition) is 6. The third kappa shape index (κ3) is 3.40. The predicted octanol–water partition coefficient (Wildman–Crippen LogP) is -0.207. The second kappa shape index (κ2) is 5.47. The Labute approximate surface area is 118 Å². The zero-order chi connectivity index (χ0) is 15.0. The molecule has 20 heavy (non-hydrogen) atoms. The molecule has 1 saturated heterocycles. The van der Waals surface area contributed by atoms with Crippen LogP contribution in [0, 0.1) is 12.8 Å². The van der Waals surface area contributed by atoms with Crippen LogP contribution < -0.4 is 4.72 Å². The molecule has 114 valence electrons. The molecule has 1 aromatic heterocycles. The van der Waals surface area contributed by atoms with E-state index >= 15 is 0 Å². The lowest BCUT2D eigenvalue weighted by Gasteiger charge is -2.09. The van der Waals surface area contributed by atoms with Gasteiger partial charge in [0.1, 0.15) is 23.0 Å². The highest BCUT2D eigenvalue weighted by Gasteiger charge is 2.29. The van der Waals surface area contributed by atoms with E-state index in [4.69, 9.17) is 9.52 Å². The standard InChI is InChI=1S/C11H17NO6S2/c1-8-11(4-10(6-13)18-8)20(16,17)12-5-9-2-3-19(14,15)7-9/h4,9,12-13H,2-3,5-7H2,1H3. The van der Waals surface area contributed by atoms with Gasteiger partial charge in [-0.15, -0.1) is 0 Å². The van der Waals surface area contributed by atoms with Crippen LogP contribution in [-0.2, 0) is 26.5 Å². The fourth-order valence-electron chi connectivity index (χ4n) is 2.21. The molecule has 0 aromatic carbocycles. The van der Waals surface area contributed by atoms with Gasteiger partial charge in [-0.2, -0.15) is 0 Å². The van der Waals surface area contributed by atoms with E-state index in [1.807, 2.05) is 0 Å². The van der Waals surface area contributed by atoms with Gasteiger partial charge in [0.15, 0.2) is 9.84 Å². The van der Waals surface area contributed by atoms with Gasteiger partial charge >= 0.3 is 0 Å². The largest absolute Gasteiger partial charge is 0.462 e. The van der Waals surface area contributed by atoms with E-state index in [9.17, 15) is 16.8 Å². The van der Waals surface area contributed by atoms with Crippen molar-refractivity contribution in [2.24, 2.45) is 5.92 Å². The van der Waals surface area contributed by atoms with Crippen LogP contribution in [0.3, 0.4) is 0 Å². The Balaban J connectivity index is 2.06. The van der Waals surface area contributed by atoms with E-state index < -0.39 is 19.9 Å². The van der Waals surface area contributed by atoms with Gasteiger partial charge in [0, 0.05) is 12.6 Å². The fourth-order valence-corrected chi connectivity index (χ4v) is 5.39. The summed E-state index contributed by atoms with van der Waals surface area (Å²) in [7, 11) is -6.78. The summed E-state index contributed by atoms with van der Waals surface area (Å²) in [4.78, 5) is -0.0256. The Morgan fingerprint density at radius 2 is 2.20 bits per heavy atom.